The lowest BCUT2D eigenvalue weighted by atomic mass is 9.91. The van der Waals surface area contributed by atoms with Crippen LogP contribution in [0.15, 0.2) is 36.9 Å². The van der Waals surface area contributed by atoms with Crippen LogP contribution in [0.4, 0.5) is 0 Å². The molecule has 0 atom stereocenters. The van der Waals surface area contributed by atoms with E-state index in [0.29, 0.717) is 11.6 Å². The van der Waals surface area contributed by atoms with Gasteiger partial charge in [0.15, 0.2) is 0 Å². The maximum absolute atomic E-state index is 12.2. The van der Waals surface area contributed by atoms with Crippen LogP contribution in [0.3, 0.4) is 0 Å². The summed E-state index contributed by atoms with van der Waals surface area (Å²) in [6.45, 7) is 0. The molecule has 1 aromatic carbocycles. The molecule has 0 bridgehead atoms. The molecule has 110 valence electrons. The molecular weight excluding hydrogens is 266 g/mol. The highest BCUT2D eigenvalue weighted by Crippen LogP contribution is 2.17. The van der Waals surface area contributed by atoms with Gasteiger partial charge >= 0.3 is 0 Å². The fourth-order valence-corrected chi connectivity index (χ4v) is 2.65. The van der Waals surface area contributed by atoms with Crippen molar-refractivity contribution in [1.29, 1.82) is 0 Å². The second-order valence-corrected chi connectivity index (χ2v) is 5.50. The first-order valence-electron chi connectivity index (χ1n) is 7.24. The second-order valence-electron chi connectivity index (χ2n) is 5.50. The Morgan fingerprint density at radius 1 is 1.10 bits per heavy atom. The zero-order valence-corrected chi connectivity index (χ0v) is 11.8. The van der Waals surface area contributed by atoms with Gasteiger partial charge in [0.1, 0.15) is 12.7 Å². The minimum atomic E-state index is -0.0224. The first kappa shape index (κ1) is 13.8. The van der Waals surface area contributed by atoms with E-state index < -0.39 is 0 Å². The average Bonchev–Trinajstić information content (AvgIpc) is 3.04. The smallest absolute Gasteiger partial charge is 0.251 e. The Balaban J connectivity index is 1.62. The molecule has 1 heterocycles. The summed E-state index contributed by atoms with van der Waals surface area (Å²) in [7, 11) is 0. The molecule has 1 aromatic heterocycles. The molecule has 0 aliphatic heterocycles. The molecule has 2 aromatic rings. The van der Waals surface area contributed by atoms with Crippen molar-refractivity contribution in [2.45, 2.75) is 37.8 Å². The number of rotatable bonds is 3. The van der Waals surface area contributed by atoms with Gasteiger partial charge < -0.3 is 11.1 Å². The van der Waals surface area contributed by atoms with Crippen LogP contribution in [-0.4, -0.2) is 32.8 Å². The van der Waals surface area contributed by atoms with Gasteiger partial charge in [-0.15, -0.1) is 10.2 Å². The quantitative estimate of drug-likeness (QED) is 0.889. The summed E-state index contributed by atoms with van der Waals surface area (Å²) in [5, 5.41) is 10.6. The van der Waals surface area contributed by atoms with Crippen molar-refractivity contribution in [3.8, 4) is 5.69 Å². The summed E-state index contributed by atoms with van der Waals surface area (Å²) >= 11 is 0. The fourth-order valence-electron chi connectivity index (χ4n) is 2.65. The van der Waals surface area contributed by atoms with Gasteiger partial charge in [0.2, 0.25) is 0 Å². The molecule has 0 saturated heterocycles. The molecule has 21 heavy (non-hydrogen) atoms. The summed E-state index contributed by atoms with van der Waals surface area (Å²) in [6.07, 6.45) is 7.15. The van der Waals surface area contributed by atoms with E-state index in [1.165, 1.54) is 0 Å². The van der Waals surface area contributed by atoms with E-state index in [9.17, 15) is 4.79 Å². The molecule has 3 rings (SSSR count). The van der Waals surface area contributed by atoms with Crippen LogP contribution in [0.5, 0.6) is 0 Å². The number of aromatic nitrogens is 3. The molecule has 0 unspecified atom stereocenters. The Morgan fingerprint density at radius 2 is 1.71 bits per heavy atom. The highest BCUT2D eigenvalue weighted by Gasteiger charge is 2.20. The first-order chi connectivity index (χ1) is 10.2. The molecule has 1 saturated carbocycles. The standard InChI is InChI=1S/C15H19N5O/c16-12-3-5-13(6-4-12)19-15(21)11-1-7-14(8-2-11)20-9-17-18-10-20/h1-2,7-10,12-13H,3-6,16H2,(H,19,21). The molecule has 0 spiro atoms. The van der Waals surface area contributed by atoms with Gasteiger partial charge in [-0.2, -0.15) is 0 Å². The van der Waals surface area contributed by atoms with Crippen molar-refractivity contribution in [3.63, 3.8) is 0 Å². The van der Waals surface area contributed by atoms with Crippen molar-refractivity contribution in [2.24, 2.45) is 5.73 Å². The van der Waals surface area contributed by atoms with Gasteiger partial charge in [-0.3, -0.25) is 9.36 Å². The van der Waals surface area contributed by atoms with Crippen LogP contribution in [-0.2, 0) is 0 Å². The molecular formula is C15H19N5O. The van der Waals surface area contributed by atoms with Crippen LogP contribution >= 0.6 is 0 Å². The normalized spacial score (nSPS) is 22.0. The summed E-state index contributed by atoms with van der Waals surface area (Å²) in [5.41, 5.74) is 7.48. The van der Waals surface area contributed by atoms with E-state index in [1.54, 1.807) is 17.2 Å². The lowest BCUT2D eigenvalue weighted by molar-refractivity contribution is 0.0926. The molecule has 6 nitrogen and oxygen atoms in total. The molecule has 1 amide bonds. The molecule has 1 aliphatic carbocycles. The second kappa shape index (κ2) is 6.05. The van der Waals surface area contributed by atoms with Gasteiger partial charge in [0.05, 0.1) is 0 Å². The highest BCUT2D eigenvalue weighted by molar-refractivity contribution is 5.94. The van der Waals surface area contributed by atoms with E-state index in [2.05, 4.69) is 15.5 Å². The third-order valence-corrected chi connectivity index (χ3v) is 3.95. The maximum Gasteiger partial charge on any atom is 0.251 e. The Bertz CT molecular complexity index is 585. The number of nitrogens with one attached hydrogen (secondary N) is 1. The molecule has 6 heteroatoms. The van der Waals surface area contributed by atoms with E-state index >= 15 is 0 Å². The zero-order chi connectivity index (χ0) is 14.7. The predicted molar refractivity (Wildman–Crippen MR) is 79.1 cm³/mol. The Hall–Kier alpha value is -2.21. The molecule has 0 radical (unpaired) electrons. The third-order valence-electron chi connectivity index (χ3n) is 3.95. The maximum atomic E-state index is 12.2. The van der Waals surface area contributed by atoms with Crippen LogP contribution in [0.25, 0.3) is 5.69 Å². The summed E-state index contributed by atoms with van der Waals surface area (Å²) < 4.78 is 1.80. The fraction of sp³-hybridized carbons (Fsp3) is 0.400. The van der Waals surface area contributed by atoms with Gasteiger partial charge in [-0.05, 0) is 49.9 Å². The first-order valence-corrected chi connectivity index (χ1v) is 7.24. The van der Waals surface area contributed by atoms with Crippen LogP contribution < -0.4 is 11.1 Å². The number of hydrogen-bond acceptors (Lipinski definition) is 4. The largest absolute Gasteiger partial charge is 0.349 e. The zero-order valence-electron chi connectivity index (χ0n) is 11.8. The molecule has 1 fully saturated rings. The van der Waals surface area contributed by atoms with Crippen molar-refractivity contribution in [1.82, 2.24) is 20.1 Å². The highest BCUT2D eigenvalue weighted by atomic mass is 16.1. The van der Waals surface area contributed by atoms with Gasteiger partial charge in [0, 0.05) is 23.3 Å². The number of carbonyl (C=O) groups is 1. The van der Waals surface area contributed by atoms with Crippen molar-refractivity contribution < 1.29 is 4.79 Å². The average molecular weight is 285 g/mol. The summed E-state index contributed by atoms with van der Waals surface area (Å²) in [5.74, 6) is -0.0224. The van der Waals surface area contributed by atoms with Gasteiger partial charge in [0.25, 0.3) is 5.91 Å². The predicted octanol–water partition coefficient (Wildman–Crippen LogP) is 1.27. The van der Waals surface area contributed by atoms with Crippen LogP contribution in [0.1, 0.15) is 36.0 Å². The molecule has 1 aliphatic rings. The summed E-state index contributed by atoms with van der Waals surface area (Å²) in [4.78, 5) is 12.2. The van der Waals surface area contributed by atoms with E-state index in [-0.39, 0.29) is 11.9 Å². The number of hydrogen-bond donors (Lipinski definition) is 2. The van der Waals surface area contributed by atoms with E-state index in [4.69, 9.17) is 5.73 Å². The van der Waals surface area contributed by atoms with Crippen molar-refractivity contribution >= 4 is 5.91 Å². The van der Waals surface area contributed by atoms with Crippen LogP contribution in [0.2, 0.25) is 0 Å². The lowest BCUT2D eigenvalue weighted by Gasteiger charge is -2.26. The Labute approximate surface area is 123 Å². The minimum absolute atomic E-state index is 0.0224. The van der Waals surface area contributed by atoms with Crippen LogP contribution in [0, 0.1) is 0 Å². The van der Waals surface area contributed by atoms with Crippen molar-refractivity contribution in [3.05, 3.63) is 42.5 Å². The summed E-state index contributed by atoms with van der Waals surface area (Å²) in [6, 6.07) is 7.94. The monoisotopic (exact) mass is 285 g/mol. The van der Waals surface area contributed by atoms with Gasteiger partial charge in [-0.1, -0.05) is 0 Å². The Morgan fingerprint density at radius 3 is 2.33 bits per heavy atom. The van der Waals surface area contributed by atoms with E-state index in [0.717, 1.165) is 31.4 Å². The van der Waals surface area contributed by atoms with Crippen molar-refractivity contribution in [2.75, 3.05) is 0 Å². The number of nitrogens with two attached hydrogens (primary N) is 1. The minimum Gasteiger partial charge on any atom is -0.349 e. The number of nitrogens with zero attached hydrogens (tertiary/aromatic N) is 3. The number of amides is 1. The lowest BCUT2D eigenvalue weighted by Crippen LogP contribution is -2.40. The SMILES string of the molecule is NC1CCC(NC(=O)c2ccc(-n3cnnc3)cc2)CC1. The Kier molecular flexibility index (Phi) is 3.96. The molecule has 3 N–H and O–H groups in total. The number of benzene rings is 1. The third kappa shape index (κ3) is 3.28. The topological polar surface area (TPSA) is 85.8 Å². The van der Waals surface area contributed by atoms with Gasteiger partial charge in [-0.25, -0.2) is 0 Å². The van der Waals surface area contributed by atoms with E-state index in [1.807, 2.05) is 24.3 Å². The number of carbonyl (C=O) groups excluding carboxylic acids is 1.